The minimum atomic E-state index is -0.517. The van der Waals surface area contributed by atoms with Crippen molar-refractivity contribution in [1.82, 2.24) is 25.5 Å². The van der Waals surface area contributed by atoms with E-state index in [2.05, 4.69) is 20.8 Å². The van der Waals surface area contributed by atoms with Crippen LogP contribution in [-0.4, -0.2) is 46.9 Å². The minimum Gasteiger partial charge on any atom is -0.493 e. The molecular weight excluding hydrogens is 353 g/mol. The summed E-state index contributed by atoms with van der Waals surface area (Å²) in [5.74, 6) is 0.320. The Morgan fingerprint density at radius 3 is 2.67 bits per heavy atom. The van der Waals surface area contributed by atoms with Gasteiger partial charge in [-0.3, -0.25) is 4.79 Å². The van der Waals surface area contributed by atoms with Crippen LogP contribution in [0.3, 0.4) is 0 Å². The van der Waals surface area contributed by atoms with Crippen LogP contribution in [0.15, 0.2) is 42.7 Å². The van der Waals surface area contributed by atoms with Crippen molar-refractivity contribution in [3.8, 4) is 17.2 Å². The van der Waals surface area contributed by atoms with Gasteiger partial charge in [-0.05, 0) is 52.7 Å². The van der Waals surface area contributed by atoms with Gasteiger partial charge in [-0.15, -0.1) is 5.10 Å². The van der Waals surface area contributed by atoms with E-state index in [0.717, 1.165) is 11.6 Å². The van der Waals surface area contributed by atoms with Crippen LogP contribution in [0.2, 0.25) is 0 Å². The Bertz CT molecular complexity index is 931. The van der Waals surface area contributed by atoms with Gasteiger partial charge < -0.3 is 14.8 Å². The number of nitrogens with zero attached hydrogens (tertiary/aromatic N) is 4. The molecule has 0 aliphatic carbocycles. The largest absolute Gasteiger partial charge is 0.493 e. The molecule has 0 fully saturated rings. The van der Waals surface area contributed by atoms with E-state index < -0.39 is 11.7 Å². The molecule has 0 atom stereocenters. The highest BCUT2D eigenvalue weighted by molar-refractivity contribution is 5.97. The van der Waals surface area contributed by atoms with Gasteiger partial charge in [0.15, 0.2) is 11.5 Å². The van der Waals surface area contributed by atoms with Crippen molar-refractivity contribution in [2.75, 3.05) is 20.8 Å². The summed E-state index contributed by atoms with van der Waals surface area (Å²) in [5, 5.41) is 13.6. The molecule has 0 radical (unpaired) electrons. The van der Waals surface area contributed by atoms with Crippen molar-refractivity contribution >= 4 is 5.91 Å². The number of methoxy groups -OCH3 is 2. The molecule has 0 spiro atoms. The Balaban J connectivity index is 1.69. The second kappa shape index (κ2) is 8.26. The Hall–Kier alpha value is -3.49. The molecule has 0 unspecified atom stereocenters. The summed E-state index contributed by atoms with van der Waals surface area (Å²) < 4.78 is 25.4. The van der Waals surface area contributed by atoms with E-state index in [1.54, 1.807) is 20.3 Å². The molecule has 3 aromatic rings. The van der Waals surface area contributed by atoms with Crippen molar-refractivity contribution < 1.29 is 18.7 Å². The predicted octanol–water partition coefficient (Wildman–Crippen LogP) is 1.79. The fourth-order valence-corrected chi connectivity index (χ4v) is 2.61. The average Bonchev–Trinajstić information content (AvgIpc) is 3.22. The van der Waals surface area contributed by atoms with Crippen molar-refractivity contribution in [2.24, 2.45) is 0 Å². The molecule has 9 heteroatoms. The van der Waals surface area contributed by atoms with Gasteiger partial charge >= 0.3 is 0 Å². The van der Waals surface area contributed by atoms with Gasteiger partial charge in [-0.2, -0.15) is 4.68 Å². The summed E-state index contributed by atoms with van der Waals surface area (Å²) in [6, 6.07) is 9.40. The summed E-state index contributed by atoms with van der Waals surface area (Å²) in [6.45, 7) is 0.361. The fourth-order valence-electron chi connectivity index (χ4n) is 2.61. The van der Waals surface area contributed by atoms with E-state index in [0.29, 0.717) is 30.2 Å². The lowest BCUT2D eigenvalue weighted by Gasteiger charge is -2.11. The number of hydrogen-bond donors (Lipinski definition) is 1. The highest BCUT2D eigenvalue weighted by Crippen LogP contribution is 2.27. The normalized spacial score (nSPS) is 10.5. The zero-order chi connectivity index (χ0) is 19.2. The Morgan fingerprint density at radius 1 is 1.15 bits per heavy atom. The topological polar surface area (TPSA) is 91.2 Å². The van der Waals surface area contributed by atoms with E-state index in [1.165, 1.54) is 23.1 Å². The van der Waals surface area contributed by atoms with Crippen LogP contribution in [0.1, 0.15) is 15.9 Å². The molecule has 1 amide bonds. The molecule has 140 valence electrons. The van der Waals surface area contributed by atoms with Crippen molar-refractivity contribution in [3.63, 3.8) is 0 Å². The van der Waals surface area contributed by atoms with Gasteiger partial charge in [0.25, 0.3) is 5.91 Å². The lowest BCUT2D eigenvalue weighted by atomic mass is 10.1. The molecule has 1 N–H and O–H groups in total. The second-order valence-corrected chi connectivity index (χ2v) is 5.61. The molecular formula is C18H18FN5O3. The van der Waals surface area contributed by atoms with Crippen LogP contribution in [0.5, 0.6) is 11.5 Å². The first-order chi connectivity index (χ1) is 13.1. The van der Waals surface area contributed by atoms with Crippen LogP contribution in [0.25, 0.3) is 5.69 Å². The number of nitrogens with one attached hydrogen (secondary N) is 1. The van der Waals surface area contributed by atoms with Gasteiger partial charge in [0.1, 0.15) is 12.1 Å². The van der Waals surface area contributed by atoms with E-state index in [1.807, 2.05) is 12.1 Å². The van der Waals surface area contributed by atoms with Gasteiger partial charge in [-0.25, -0.2) is 4.39 Å². The first-order valence-electron chi connectivity index (χ1n) is 8.14. The molecule has 0 bridgehead atoms. The number of hydrogen-bond acceptors (Lipinski definition) is 6. The number of halogens is 1. The maximum Gasteiger partial charge on any atom is 0.253 e. The SMILES string of the molecule is COc1ccc(CCNC(=O)c2cc(F)ccc2-n2cnnn2)cc1OC. The monoisotopic (exact) mass is 371 g/mol. The van der Waals surface area contributed by atoms with Gasteiger partial charge in [0, 0.05) is 6.54 Å². The van der Waals surface area contributed by atoms with Crippen LogP contribution in [-0.2, 0) is 6.42 Å². The third-order valence-corrected chi connectivity index (χ3v) is 3.95. The maximum atomic E-state index is 13.6. The molecule has 1 heterocycles. The highest BCUT2D eigenvalue weighted by Gasteiger charge is 2.15. The van der Waals surface area contributed by atoms with Crippen molar-refractivity contribution in [2.45, 2.75) is 6.42 Å². The van der Waals surface area contributed by atoms with Crippen molar-refractivity contribution in [3.05, 3.63) is 59.7 Å². The van der Waals surface area contributed by atoms with Crippen molar-refractivity contribution in [1.29, 1.82) is 0 Å². The third-order valence-electron chi connectivity index (χ3n) is 3.95. The predicted molar refractivity (Wildman–Crippen MR) is 94.7 cm³/mol. The Morgan fingerprint density at radius 2 is 1.96 bits per heavy atom. The third kappa shape index (κ3) is 4.20. The highest BCUT2D eigenvalue weighted by atomic mass is 19.1. The number of tetrazole rings is 1. The van der Waals surface area contributed by atoms with Gasteiger partial charge in [-0.1, -0.05) is 6.07 Å². The molecule has 27 heavy (non-hydrogen) atoms. The van der Waals surface area contributed by atoms with E-state index in [9.17, 15) is 9.18 Å². The van der Waals surface area contributed by atoms with Gasteiger partial charge in [0.05, 0.1) is 25.5 Å². The molecule has 3 rings (SSSR count). The zero-order valence-electron chi connectivity index (χ0n) is 14.8. The Labute approximate surface area is 154 Å². The van der Waals surface area contributed by atoms with Crippen LogP contribution in [0.4, 0.5) is 4.39 Å². The van der Waals surface area contributed by atoms with Crippen LogP contribution < -0.4 is 14.8 Å². The molecule has 0 saturated carbocycles. The van der Waals surface area contributed by atoms with E-state index in [4.69, 9.17) is 9.47 Å². The van der Waals surface area contributed by atoms with Gasteiger partial charge in [0.2, 0.25) is 0 Å². The van der Waals surface area contributed by atoms with Crippen LogP contribution >= 0.6 is 0 Å². The summed E-state index contributed by atoms with van der Waals surface area (Å²) >= 11 is 0. The lowest BCUT2D eigenvalue weighted by Crippen LogP contribution is -2.27. The number of benzene rings is 2. The van der Waals surface area contributed by atoms with E-state index >= 15 is 0 Å². The molecule has 0 aliphatic rings. The molecule has 2 aromatic carbocycles. The molecule has 1 aromatic heterocycles. The average molecular weight is 371 g/mol. The van der Waals surface area contributed by atoms with Crippen LogP contribution in [0, 0.1) is 5.82 Å². The summed E-state index contributed by atoms with van der Waals surface area (Å²) in [5.41, 5.74) is 1.51. The summed E-state index contributed by atoms with van der Waals surface area (Å²) in [7, 11) is 3.13. The lowest BCUT2D eigenvalue weighted by molar-refractivity contribution is 0.0953. The number of carbonyl (C=O) groups excluding carboxylic acids is 1. The summed E-state index contributed by atoms with van der Waals surface area (Å²) in [4.78, 5) is 12.5. The Kier molecular flexibility index (Phi) is 5.60. The standard InChI is InChI=1S/C18H18FN5O3/c1-26-16-6-3-12(9-17(16)27-2)7-8-20-18(25)14-10-13(19)4-5-15(14)24-11-21-22-23-24/h3-6,9-11H,7-8H2,1-2H3,(H,20,25). The first kappa shape index (κ1) is 18.3. The number of amides is 1. The number of aromatic nitrogens is 4. The first-order valence-corrected chi connectivity index (χ1v) is 8.14. The smallest absolute Gasteiger partial charge is 0.253 e. The molecule has 0 saturated heterocycles. The van der Waals surface area contributed by atoms with E-state index in [-0.39, 0.29) is 5.56 Å². The number of carbonyl (C=O) groups is 1. The second-order valence-electron chi connectivity index (χ2n) is 5.61. The quantitative estimate of drug-likeness (QED) is 0.681. The number of rotatable bonds is 7. The fraction of sp³-hybridized carbons (Fsp3) is 0.222. The number of ether oxygens (including phenoxy) is 2. The summed E-state index contributed by atoms with van der Waals surface area (Å²) in [6.07, 6.45) is 1.91. The maximum absolute atomic E-state index is 13.6. The molecule has 0 aliphatic heterocycles. The zero-order valence-corrected chi connectivity index (χ0v) is 14.8. The minimum absolute atomic E-state index is 0.148. The molecule has 8 nitrogen and oxygen atoms in total.